The van der Waals surface area contributed by atoms with Gasteiger partial charge in [-0.15, -0.1) is 0 Å². The Kier molecular flexibility index (Phi) is 4.93. The fraction of sp³-hybridized carbons (Fsp3) is 0. The van der Waals surface area contributed by atoms with E-state index in [-0.39, 0.29) is 0 Å². The van der Waals surface area contributed by atoms with Gasteiger partial charge >= 0.3 is 0 Å². The van der Waals surface area contributed by atoms with Crippen LogP contribution in [0.15, 0.2) is 101 Å². The number of benzene rings is 3. The zero-order chi connectivity index (χ0) is 20.3. The quantitative estimate of drug-likeness (QED) is 0.333. The van der Waals surface area contributed by atoms with Crippen molar-refractivity contribution in [1.29, 1.82) is 0 Å². The van der Waals surface area contributed by atoms with Gasteiger partial charge in [0.1, 0.15) is 17.9 Å². The molecule has 0 radical (unpaired) electrons. The number of nitrogens with one attached hydrogen (secondary N) is 1. The Morgan fingerprint density at radius 2 is 1.43 bits per heavy atom. The molecule has 6 heteroatoms. The Morgan fingerprint density at radius 1 is 0.767 bits per heavy atom. The van der Waals surface area contributed by atoms with Gasteiger partial charge in [0, 0.05) is 21.7 Å². The molecule has 3 N–H and O–H groups in total. The number of furan rings is 1. The van der Waals surface area contributed by atoms with Crippen LogP contribution in [0.3, 0.4) is 0 Å². The van der Waals surface area contributed by atoms with Crippen molar-refractivity contribution < 1.29 is 4.42 Å². The molecule has 3 aromatic carbocycles. The SMILES string of the molecule is NSc1ccc(Nc2ncnc3oc(-c4ccccc4)c(-c4ccccc4)c23)cc1. The number of nitrogens with two attached hydrogens (primary N) is 1. The molecule has 5 nitrogen and oxygen atoms in total. The summed E-state index contributed by atoms with van der Waals surface area (Å²) in [4.78, 5) is 9.92. The molecule has 2 aromatic heterocycles. The second kappa shape index (κ2) is 8.02. The average molecular weight is 411 g/mol. The minimum Gasteiger partial charge on any atom is -0.437 e. The molecule has 2 heterocycles. The highest BCUT2D eigenvalue weighted by molar-refractivity contribution is 7.97. The number of nitrogens with zero attached hydrogens (tertiary/aromatic N) is 2. The van der Waals surface area contributed by atoms with E-state index in [1.165, 1.54) is 18.3 Å². The molecule has 0 aliphatic carbocycles. The number of anilines is 2. The van der Waals surface area contributed by atoms with Crippen LogP contribution in [-0.4, -0.2) is 9.97 Å². The van der Waals surface area contributed by atoms with E-state index in [0.29, 0.717) is 11.5 Å². The van der Waals surface area contributed by atoms with Crippen LogP contribution < -0.4 is 10.5 Å². The summed E-state index contributed by atoms with van der Waals surface area (Å²) in [5.41, 5.74) is 4.45. The third kappa shape index (κ3) is 3.43. The van der Waals surface area contributed by atoms with E-state index in [0.717, 1.165) is 38.4 Å². The first kappa shape index (κ1) is 18.4. The Labute approximate surface area is 178 Å². The van der Waals surface area contributed by atoms with E-state index in [9.17, 15) is 0 Å². The molecule has 0 atom stereocenters. The summed E-state index contributed by atoms with van der Waals surface area (Å²) in [6.45, 7) is 0. The Balaban J connectivity index is 1.72. The third-order valence-corrected chi connectivity index (χ3v) is 5.38. The van der Waals surface area contributed by atoms with E-state index in [1.54, 1.807) is 0 Å². The van der Waals surface area contributed by atoms with Gasteiger partial charge in [-0.3, -0.25) is 5.14 Å². The molecule has 5 aromatic rings. The van der Waals surface area contributed by atoms with Crippen LogP contribution in [0.5, 0.6) is 0 Å². The molecule has 0 aliphatic rings. The molecule has 0 unspecified atom stereocenters. The number of fused-ring (bicyclic) bond motifs is 1. The zero-order valence-electron chi connectivity index (χ0n) is 15.9. The maximum atomic E-state index is 6.24. The molecule has 0 aliphatic heterocycles. The smallest absolute Gasteiger partial charge is 0.232 e. The lowest BCUT2D eigenvalue weighted by Gasteiger charge is -2.09. The third-order valence-electron chi connectivity index (χ3n) is 4.84. The molecule has 0 saturated heterocycles. The van der Waals surface area contributed by atoms with Crippen LogP contribution in [0.4, 0.5) is 11.5 Å². The van der Waals surface area contributed by atoms with Crippen LogP contribution >= 0.6 is 11.9 Å². The fourth-order valence-electron chi connectivity index (χ4n) is 3.45. The maximum absolute atomic E-state index is 6.24. The minimum atomic E-state index is 0.541. The van der Waals surface area contributed by atoms with Gasteiger partial charge in [-0.25, -0.2) is 9.97 Å². The van der Waals surface area contributed by atoms with Gasteiger partial charge in [0.15, 0.2) is 0 Å². The number of hydrogen-bond acceptors (Lipinski definition) is 6. The highest BCUT2D eigenvalue weighted by Gasteiger charge is 2.22. The predicted molar refractivity (Wildman–Crippen MR) is 122 cm³/mol. The van der Waals surface area contributed by atoms with Crippen molar-refractivity contribution in [3.05, 3.63) is 91.3 Å². The van der Waals surface area contributed by atoms with Crippen molar-refractivity contribution in [2.24, 2.45) is 5.14 Å². The summed E-state index contributed by atoms with van der Waals surface area (Å²) >= 11 is 1.22. The lowest BCUT2D eigenvalue weighted by Crippen LogP contribution is -1.96. The van der Waals surface area contributed by atoms with Crippen molar-refractivity contribution >= 4 is 34.6 Å². The molecule has 30 heavy (non-hydrogen) atoms. The molecule has 0 amide bonds. The Morgan fingerprint density at radius 3 is 2.10 bits per heavy atom. The molecule has 0 saturated carbocycles. The summed E-state index contributed by atoms with van der Waals surface area (Å²) in [6, 6.07) is 28.1. The summed E-state index contributed by atoms with van der Waals surface area (Å²) in [7, 11) is 0. The van der Waals surface area contributed by atoms with Crippen LogP contribution in [0.2, 0.25) is 0 Å². The number of rotatable bonds is 5. The highest BCUT2D eigenvalue weighted by Crippen LogP contribution is 2.42. The average Bonchev–Trinajstić information content (AvgIpc) is 3.21. The van der Waals surface area contributed by atoms with E-state index in [4.69, 9.17) is 9.56 Å². The first-order valence-electron chi connectivity index (χ1n) is 9.45. The second-order valence-electron chi connectivity index (χ2n) is 6.71. The summed E-state index contributed by atoms with van der Waals surface area (Å²) in [6.07, 6.45) is 1.52. The summed E-state index contributed by atoms with van der Waals surface area (Å²) in [5, 5.41) is 9.89. The van der Waals surface area contributed by atoms with Gasteiger partial charge in [-0.2, -0.15) is 0 Å². The predicted octanol–water partition coefficient (Wildman–Crippen LogP) is 6.27. The lowest BCUT2D eigenvalue weighted by molar-refractivity contribution is 0.618. The van der Waals surface area contributed by atoms with Gasteiger partial charge in [0.2, 0.25) is 5.71 Å². The molecule has 5 rings (SSSR count). The summed E-state index contributed by atoms with van der Waals surface area (Å²) in [5.74, 6) is 1.47. The summed E-state index contributed by atoms with van der Waals surface area (Å²) < 4.78 is 6.24. The maximum Gasteiger partial charge on any atom is 0.232 e. The Bertz CT molecular complexity index is 1290. The normalized spacial score (nSPS) is 11.0. The minimum absolute atomic E-state index is 0.541. The van der Waals surface area contributed by atoms with Crippen molar-refractivity contribution in [3.8, 4) is 22.5 Å². The molecule has 0 bridgehead atoms. The topological polar surface area (TPSA) is 77.0 Å². The fourth-order valence-corrected chi connectivity index (χ4v) is 3.75. The monoisotopic (exact) mass is 410 g/mol. The van der Waals surface area contributed by atoms with E-state index < -0.39 is 0 Å². The first-order valence-corrected chi connectivity index (χ1v) is 10.3. The second-order valence-corrected chi connectivity index (χ2v) is 7.42. The molecule has 0 fully saturated rings. The standard InChI is InChI=1S/C24H18N4OS/c25-30-19-13-11-18(12-14-19)28-23-21-20(16-7-3-1-4-8-16)22(17-9-5-2-6-10-17)29-24(21)27-15-26-23/h1-15H,25H2,(H,26,27,28). The lowest BCUT2D eigenvalue weighted by atomic mass is 9.99. The molecule has 0 spiro atoms. The highest BCUT2D eigenvalue weighted by atomic mass is 32.2. The van der Waals surface area contributed by atoms with E-state index >= 15 is 0 Å². The van der Waals surface area contributed by atoms with Crippen LogP contribution in [0.25, 0.3) is 33.6 Å². The largest absolute Gasteiger partial charge is 0.437 e. The molecular formula is C24H18N4OS. The van der Waals surface area contributed by atoms with Crippen LogP contribution in [0, 0.1) is 0 Å². The molecular weight excluding hydrogens is 392 g/mol. The van der Waals surface area contributed by atoms with Crippen molar-refractivity contribution in [2.45, 2.75) is 4.90 Å². The number of aromatic nitrogens is 2. The van der Waals surface area contributed by atoms with Crippen molar-refractivity contribution in [2.75, 3.05) is 5.32 Å². The van der Waals surface area contributed by atoms with Crippen molar-refractivity contribution in [1.82, 2.24) is 9.97 Å². The van der Waals surface area contributed by atoms with Gasteiger partial charge in [-0.1, -0.05) is 60.7 Å². The van der Waals surface area contributed by atoms with Gasteiger partial charge in [0.25, 0.3) is 0 Å². The number of hydrogen-bond donors (Lipinski definition) is 2. The first-order chi connectivity index (χ1) is 14.8. The van der Waals surface area contributed by atoms with Crippen LogP contribution in [-0.2, 0) is 0 Å². The van der Waals surface area contributed by atoms with Crippen LogP contribution in [0.1, 0.15) is 0 Å². The van der Waals surface area contributed by atoms with Gasteiger partial charge in [-0.05, 0) is 41.8 Å². The van der Waals surface area contributed by atoms with Gasteiger partial charge < -0.3 is 9.73 Å². The van der Waals surface area contributed by atoms with Gasteiger partial charge in [0.05, 0.1) is 5.39 Å². The Hall–Kier alpha value is -3.61. The van der Waals surface area contributed by atoms with Crippen molar-refractivity contribution in [3.63, 3.8) is 0 Å². The van der Waals surface area contributed by atoms with E-state index in [2.05, 4.69) is 27.4 Å². The molecule has 146 valence electrons. The zero-order valence-corrected chi connectivity index (χ0v) is 16.8. The van der Waals surface area contributed by atoms with E-state index in [1.807, 2.05) is 72.8 Å².